The molecule has 5 rings (SSSR count). The maximum absolute atomic E-state index is 13.6. The number of benzene rings is 2. The Hall–Kier alpha value is -3.27. The average molecular weight is 399 g/mol. The van der Waals surface area contributed by atoms with Crippen molar-refractivity contribution >= 4 is 16.8 Å². The van der Waals surface area contributed by atoms with Crippen LogP contribution in [0.25, 0.3) is 10.9 Å². The zero-order chi connectivity index (χ0) is 20.9. The van der Waals surface area contributed by atoms with Crippen LogP contribution >= 0.6 is 0 Å². The van der Waals surface area contributed by atoms with Gasteiger partial charge in [0.1, 0.15) is 17.6 Å². The fourth-order valence-electron chi connectivity index (χ4n) is 4.45. The van der Waals surface area contributed by atoms with Gasteiger partial charge in [0.25, 0.3) is 0 Å². The molecule has 1 unspecified atom stereocenters. The number of carbonyl (C=O) groups is 1. The van der Waals surface area contributed by atoms with Crippen LogP contribution in [0.1, 0.15) is 52.7 Å². The lowest BCUT2D eigenvalue weighted by molar-refractivity contribution is -0.124. The number of carbonyl (C=O) groups excluding carboxylic acids is 1. The summed E-state index contributed by atoms with van der Waals surface area (Å²) in [7, 11) is 0. The van der Waals surface area contributed by atoms with Gasteiger partial charge in [0.05, 0.1) is 5.41 Å². The molecule has 4 nitrogen and oxygen atoms in total. The normalized spacial score (nSPS) is 15.8. The third kappa shape index (κ3) is 3.13. The zero-order valence-corrected chi connectivity index (χ0v) is 17.6. The Morgan fingerprint density at radius 3 is 2.57 bits per heavy atom. The summed E-state index contributed by atoms with van der Waals surface area (Å²) in [6.45, 7) is 6.10. The molecule has 0 bridgehead atoms. The number of amides is 1. The molecule has 0 spiro atoms. The van der Waals surface area contributed by atoms with Crippen LogP contribution in [0, 0.1) is 20.8 Å². The highest BCUT2D eigenvalue weighted by Crippen LogP contribution is 2.49. The number of rotatable bonds is 5. The number of furan rings is 1. The van der Waals surface area contributed by atoms with Gasteiger partial charge in [-0.15, -0.1) is 0 Å². The van der Waals surface area contributed by atoms with Gasteiger partial charge in [-0.25, -0.2) is 0 Å². The van der Waals surface area contributed by atoms with Crippen LogP contribution in [0.3, 0.4) is 0 Å². The van der Waals surface area contributed by atoms with Crippen molar-refractivity contribution in [3.63, 3.8) is 0 Å². The molecule has 4 heteroatoms. The summed E-state index contributed by atoms with van der Waals surface area (Å²) < 4.78 is 5.95. The predicted octanol–water partition coefficient (Wildman–Crippen LogP) is 5.62. The lowest BCUT2D eigenvalue weighted by Gasteiger charge is -2.23. The molecule has 2 aromatic carbocycles. The summed E-state index contributed by atoms with van der Waals surface area (Å²) >= 11 is 0. The van der Waals surface area contributed by atoms with Crippen molar-refractivity contribution in [2.75, 3.05) is 0 Å². The van der Waals surface area contributed by atoms with Gasteiger partial charge in [-0.05, 0) is 86.0 Å². The van der Waals surface area contributed by atoms with Crippen LogP contribution in [0.4, 0.5) is 0 Å². The number of aryl methyl sites for hydroxylation is 3. The summed E-state index contributed by atoms with van der Waals surface area (Å²) in [4.78, 5) is 16.8. The van der Waals surface area contributed by atoms with E-state index < -0.39 is 5.41 Å². The van der Waals surface area contributed by atoms with Gasteiger partial charge in [-0.1, -0.05) is 29.8 Å². The third-order valence-corrected chi connectivity index (χ3v) is 6.35. The first kappa shape index (κ1) is 18.7. The molecule has 2 N–H and O–H groups in total. The predicted molar refractivity (Wildman–Crippen MR) is 119 cm³/mol. The molecule has 1 fully saturated rings. The van der Waals surface area contributed by atoms with Crippen molar-refractivity contribution < 1.29 is 9.21 Å². The van der Waals surface area contributed by atoms with Crippen molar-refractivity contribution in [3.8, 4) is 0 Å². The Bertz CT molecular complexity index is 1240. The number of H-pyrrole nitrogens is 1. The summed E-state index contributed by atoms with van der Waals surface area (Å²) in [6.07, 6.45) is 3.67. The van der Waals surface area contributed by atoms with Gasteiger partial charge in [0, 0.05) is 11.7 Å². The summed E-state index contributed by atoms with van der Waals surface area (Å²) in [5.74, 6) is 1.68. The van der Waals surface area contributed by atoms with Crippen molar-refractivity contribution in [2.24, 2.45) is 0 Å². The quantitative estimate of drug-likeness (QED) is 0.458. The van der Waals surface area contributed by atoms with Gasteiger partial charge >= 0.3 is 0 Å². The van der Waals surface area contributed by atoms with Crippen LogP contribution in [0.2, 0.25) is 0 Å². The summed E-state index contributed by atoms with van der Waals surface area (Å²) in [5, 5.41) is 4.46. The number of hydrogen-bond donors (Lipinski definition) is 2. The largest absolute Gasteiger partial charge is 0.464 e. The minimum atomic E-state index is -0.454. The van der Waals surface area contributed by atoms with Gasteiger partial charge < -0.3 is 14.7 Å². The minimum Gasteiger partial charge on any atom is -0.464 e. The SMILES string of the molecule is Cc1ccc(C(NC(=O)C2(c3ccc4[nH]ccc4c3)CC2)c2ccc(C)o2)c(C)c1. The molecular formula is C26H26N2O2. The van der Waals surface area contributed by atoms with Crippen molar-refractivity contribution in [3.05, 3.63) is 94.6 Å². The summed E-state index contributed by atoms with van der Waals surface area (Å²) in [6, 6.07) is 18.3. The van der Waals surface area contributed by atoms with Crippen molar-refractivity contribution in [1.29, 1.82) is 0 Å². The second-order valence-electron chi connectivity index (χ2n) is 8.58. The Balaban J connectivity index is 1.50. The number of nitrogens with one attached hydrogen (secondary N) is 2. The maximum atomic E-state index is 13.6. The van der Waals surface area contributed by atoms with Crippen LogP contribution in [0.5, 0.6) is 0 Å². The topological polar surface area (TPSA) is 58.0 Å². The number of aromatic amines is 1. The van der Waals surface area contributed by atoms with E-state index in [2.05, 4.69) is 66.6 Å². The van der Waals surface area contributed by atoms with E-state index in [0.717, 1.165) is 52.0 Å². The van der Waals surface area contributed by atoms with Crippen LogP contribution < -0.4 is 5.32 Å². The van der Waals surface area contributed by atoms with E-state index in [1.165, 1.54) is 5.56 Å². The Morgan fingerprint density at radius 2 is 1.87 bits per heavy atom. The van der Waals surface area contributed by atoms with E-state index in [4.69, 9.17) is 4.42 Å². The molecule has 2 heterocycles. The van der Waals surface area contributed by atoms with Gasteiger partial charge in [0.2, 0.25) is 5.91 Å². The lowest BCUT2D eigenvalue weighted by atomic mass is 9.92. The van der Waals surface area contributed by atoms with Crippen LogP contribution in [-0.2, 0) is 10.2 Å². The van der Waals surface area contributed by atoms with E-state index in [1.54, 1.807) is 0 Å². The first-order valence-electron chi connectivity index (χ1n) is 10.5. The standard InChI is InChI=1S/C26H26N2O2/c1-16-4-7-21(17(2)14-16)24(23-9-5-18(3)30-23)28-25(29)26(11-12-26)20-6-8-22-19(15-20)10-13-27-22/h4-10,13-15,24,27H,11-12H2,1-3H3,(H,28,29). The molecule has 1 aliphatic rings. The second-order valence-corrected chi connectivity index (χ2v) is 8.58. The Labute approximate surface area is 176 Å². The lowest BCUT2D eigenvalue weighted by Crippen LogP contribution is -2.38. The minimum absolute atomic E-state index is 0.0661. The molecule has 1 atom stereocenters. The van der Waals surface area contributed by atoms with E-state index in [0.29, 0.717) is 0 Å². The van der Waals surface area contributed by atoms with Gasteiger partial charge in [0.15, 0.2) is 0 Å². The van der Waals surface area contributed by atoms with Gasteiger partial charge in [-0.3, -0.25) is 4.79 Å². The highest BCUT2D eigenvalue weighted by molar-refractivity contribution is 5.93. The van der Waals surface area contributed by atoms with Gasteiger partial charge in [-0.2, -0.15) is 0 Å². The van der Waals surface area contributed by atoms with Crippen LogP contribution in [-0.4, -0.2) is 10.9 Å². The highest BCUT2D eigenvalue weighted by atomic mass is 16.3. The van der Waals surface area contributed by atoms with E-state index in [-0.39, 0.29) is 11.9 Å². The number of aromatic nitrogens is 1. The fraction of sp³-hybridized carbons (Fsp3) is 0.269. The second kappa shape index (κ2) is 6.91. The molecule has 4 aromatic rings. The molecule has 152 valence electrons. The first-order valence-corrected chi connectivity index (χ1v) is 10.5. The van der Waals surface area contributed by atoms with Crippen molar-refractivity contribution in [1.82, 2.24) is 10.3 Å². The molecule has 1 amide bonds. The fourth-order valence-corrected chi connectivity index (χ4v) is 4.45. The molecule has 1 aliphatic carbocycles. The molecular weight excluding hydrogens is 372 g/mol. The average Bonchev–Trinajstić information content (AvgIpc) is 3.20. The zero-order valence-electron chi connectivity index (χ0n) is 17.6. The third-order valence-electron chi connectivity index (χ3n) is 6.35. The molecule has 2 aromatic heterocycles. The monoisotopic (exact) mass is 398 g/mol. The molecule has 0 radical (unpaired) electrons. The van der Waals surface area contributed by atoms with E-state index in [1.807, 2.05) is 25.3 Å². The molecule has 0 saturated heterocycles. The number of fused-ring (bicyclic) bond motifs is 1. The first-order chi connectivity index (χ1) is 14.5. The van der Waals surface area contributed by atoms with E-state index >= 15 is 0 Å². The van der Waals surface area contributed by atoms with Crippen molar-refractivity contribution in [2.45, 2.75) is 45.1 Å². The maximum Gasteiger partial charge on any atom is 0.231 e. The molecule has 1 saturated carbocycles. The number of hydrogen-bond acceptors (Lipinski definition) is 2. The summed E-state index contributed by atoms with van der Waals surface area (Å²) in [5.41, 5.74) is 5.14. The van der Waals surface area contributed by atoms with E-state index in [9.17, 15) is 4.79 Å². The van der Waals surface area contributed by atoms with Crippen LogP contribution in [0.15, 0.2) is 65.2 Å². The Kier molecular flexibility index (Phi) is 4.31. The smallest absolute Gasteiger partial charge is 0.231 e. The Morgan fingerprint density at radius 1 is 1.03 bits per heavy atom. The molecule has 30 heavy (non-hydrogen) atoms. The highest BCUT2D eigenvalue weighted by Gasteiger charge is 2.52. The molecule has 0 aliphatic heterocycles.